The number of aryl methyl sites for hydroxylation is 1. The van der Waals surface area contributed by atoms with Gasteiger partial charge in [0.2, 0.25) is 0 Å². The standard InChI is InChI=1S/C13H13BrN2O2S/c1-7-4-5-9(18-3)8(2)11(7)16-12(17)10-6-15-13(14)19-10/h4-6H,1-3H3,(H,16,17). The van der Waals surface area contributed by atoms with Crippen molar-refractivity contribution in [2.75, 3.05) is 12.4 Å². The molecule has 2 aromatic rings. The summed E-state index contributed by atoms with van der Waals surface area (Å²) in [4.78, 5) is 16.7. The van der Waals surface area contributed by atoms with Crippen LogP contribution in [0.4, 0.5) is 5.69 Å². The number of hydrogen-bond donors (Lipinski definition) is 1. The third kappa shape index (κ3) is 2.96. The fourth-order valence-electron chi connectivity index (χ4n) is 1.77. The summed E-state index contributed by atoms with van der Waals surface area (Å²) in [5, 5.41) is 2.91. The van der Waals surface area contributed by atoms with E-state index in [2.05, 4.69) is 26.2 Å². The SMILES string of the molecule is COc1ccc(C)c(NC(=O)c2cnc(Br)s2)c1C. The minimum Gasteiger partial charge on any atom is -0.496 e. The highest BCUT2D eigenvalue weighted by Crippen LogP contribution is 2.29. The number of carbonyl (C=O) groups is 1. The minimum absolute atomic E-state index is 0.164. The molecule has 0 aliphatic heterocycles. The van der Waals surface area contributed by atoms with Crippen molar-refractivity contribution in [2.45, 2.75) is 13.8 Å². The normalized spacial score (nSPS) is 10.3. The van der Waals surface area contributed by atoms with Gasteiger partial charge < -0.3 is 10.1 Å². The number of nitrogens with zero attached hydrogens (tertiary/aromatic N) is 1. The number of nitrogens with one attached hydrogen (secondary N) is 1. The molecule has 100 valence electrons. The number of benzene rings is 1. The van der Waals surface area contributed by atoms with Gasteiger partial charge in [-0.25, -0.2) is 4.98 Å². The molecule has 1 N–H and O–H groups in total. The molecule has 6 heteroatoms. The Morgan fingerprint density at radius 2 is 2.16 bits per heavy atom. The summed E-state index contributed by atoms with van der Waals surface area (Å²) in [6.07, 6.45) is 1.55. The zero-order valence-electron chi connectivity index (χ0n) is 10.8. The molecule has 4 nitrogen and oxygen atoms in total. The molecule has 0 bridgehead atoms. The maximum atomic E-state index is 12.1. The fraction of sp³-hybridized carbons (Fsp3) is 0.231. The maximum absolute atomic E-state index is 12.1. The van der Waals surface area contributed by atoms with E-state index in [0.29, 0.717) is 8.79 Å². The Kier molecular flexibility index (Phi) is 4.21. The molecule has 0 unspecified atom stereocenters. The van der Waals surface area contributed by atoms with Gasteiger partial charge in [-0.05, 0) is 41.4 Å². The fourth-order valence-corrected chi connectivity index (χ4v) is 2.94. The highest BCUT2D eigenvalue weighted by atomic mass is 79.9. The van der Waals surface area contributed by atoms with Gasteiger partial charge >= 0.3 is 0 Å². The number of thiazole rings is 1. The van der Waals surface area contributed by atoms with E-state index in [1.54, 1.807) is 13.3 Å². The molecule has 1 aromatic carbocycles. The van der Waals surface area contributed by atoms with E-state index in [0.717, 1.165) is 22.6 Å². The summed E-state index contributed by atoms with van der Waals surface area (Å²) in [5.41, 5.74) is 2.70. The molecule has 0 aliphatic carbocycles. The van der Waals surface area contributed by atoms with Crippen molar-refractivity contribution in [3.05, 3.63) is 38.3 Å². The van der Waals surface area contributed by atoms with Crippen molar-refractivity contribution in [3.63, 3.8) is 0 Å². The molecule has 1 heterocycles. The van der Waals surface area contributed by atoms with Crippen LogP contribution in [0.3, 0.4) is 0 Å². The summed E-state index contributed by atoms with van der Waals surface area (Å²) >= 11 is 4.54. The molecule has 2 rings (SSSR count). The van der Waals surface area contributed by atoms with Crippen LogP contribution in [-0.4, -0.2) is 18.0 Å². The summed E-state index contributed by atoms with van der Waals surface area (Å²) in [6, 6.07) is 3.81. The predicted octanol–water partition coefficient (Wildman–Crippen LogP) is 3.78. The van der Waals surface area contributed by atoms with Gasteiger partial charge in [-0.15, -0.1) is 11.3 Å². The second kappa shape index (κ2) is 5.71. The quantitative estimate of drug-likeness (QED) is 0.924. The van der Waals surface area contributed by atoms with Crippen LogP contribution in [0.15, 0.2) is 22.2 Å². The van der Waals surface area contributed by atoms with Crippen molar-refractivity contribution in [3.8, 4) is 5.75 Å². The van der Waals surface area contributed by atoms with E-state index < -0.39 is 0 Å². The average Bonchev–Trinajstić information content (AvgIpc) is 2.81. The number of anilines is 1. The van der Waals surface area contributed by atoms with E-state index in [9.17, 15) is 4.79 Å². The molecule has 0 atom stereocenters. The van der Waals surface area contributed by atoms with Gasteiger partial charge in [-0.1, -0.05) is 6.07 Å². The van der Waals surface area contributed by atoms with E-state index in [-0.39, 0.29) is 5.91 Å². The summed E-state index contributed by atoms with van der Waals surface area (Å²) in [6.45, 7) is 3.87. The van der Waals surface area contributed by atoms with E-state index >= 15 is 0 Å². The largest absolute Gasteiger partial charge is 0.496 e. The Balaban J connectivity index is 2.31. The second-order valence-electron chi connectivity index (χ2n) is 4.02. The molecule has 1 amide bonds. The van der Waals surface area contributed by atoms with Crippen LogP contribution in [0.5, 0.6) is 5.75 Å². The van der Waals surface area contributed by atoms with Gasteiger partial charge in [-0.3, -0.25) is 4.79 Å². The minimum atomic E-state index is -0.164. The number of methoxy groups -OCH3 is 1. The van der Waals surface area contributed by atoms with Crippen LogP contribution in [0.25, 0.3) is 0 Å². The van der Waals surface area contributed by atoms with E-state index in [1.807, 2.05) is 26.0 Å². The van der Waals surface area contributed by atoms with Crippen molar-refractivity contribution in [1.82, 2.24) is 4.98 Å². The Morgan fingerprint density at radius 1 is 1.42 bits per heavy atom. The lowest BCUT2D eigenvalue weighted by Gasteiger charge is -2.14. The van der Waals surface area contributed by atoms with Crippen molar-refractivity contribution >= 4 is 38.9 Å². The van der Waals surface area contributed by atoms with Crippen molar-refractivity contribution in [1.29, 1.82) is 0 Å². The second-order valence-corrected chi connectivity index (χ2v) is 6.32. The van der Waals surface area contributed by atoms with Gasteiger partial charge in [0.15, 0.2) is 3.92 Å². The molecule has 0 saturated carbocycles. The van der Waals surface area contributed by atoms with Gasteiger partial charge in [0.1, 0.15) is 10.6 Å². The highest BCUT2D eigenvalue weighted by Gasteiger charge is 2.14. The molecule has 0 radical (unpaired) electrons. The lowest BCUT2D eigenvalue weighted by molar-refractivity contribution is 0.103. The molecule has 0 saturated heterocycles. The number of rotatable bonds is 3. The Bertz CT molecular complexity index is 625. The molecular weight excluding hydrogens is 328 g/mol. The maximum Gasteiger partial charge on any atom is 0.267 e. The summed E-state index contributed by atoms with van der Waals surface area (Å²) < 4.78 is 5.95. The number of halogens is 1. The Morgan fingerprint density at radius 3 is 2.74 bits per heavy atom. The van der Waals surface area contributed by atoms with Gasteiger partial charge in [0.05, 0.1) is 19.0 Å². The number of ether oxygens (including phenoxy) is 1. The summed E-state index contributed by atoms with van der Waals surface area (Å²) in [7, 11) is 1.61. The third-order valence-corrected chi connectivity index (χ3v) is 4.26. The molecule has 1 aromatic heterocycles. The first-order valence-corrected chi connectivity index (χ1v) is 7.20. The lowest BCUT2D eigenvalue weighted by Crippen LogP contribution is -2.12. The Labute approximate surface area is 124 Å². The van der Waals surface area contributed by atoms with Crippen LogP contribution in [0.1, 0.15) is 20.8 Å². The number of amides is 1. The predicted molar refractivity (Wildman–Crippen MR) is 80.2 cm³/mol. The monoisotopic (exact) mass is 340 g/mol. The third-order valence-electron chi connectivity index (χ3n) is 2.78. The zero-order chi connectivity index (χ0) is 14.0. The molecule has 19 heavy (non-hydrogen) atoms. The number of aromatic nitrogens is 1. The van der Waals surface area contributed by atoms with Gasteiger partial charge in [0, 0.05) is 5.56 Å². The zero-order valence-corrected chi connectivity index (χ0v) is 13.2. The van der Waals surface area contributed by atoms with E-state index in [4.69, 9.17) is 4.74 Å². The van der Waals surface area contributed by atoms with Crippen LogP contribution in [0.2, 0.25) is 0 Å². The number of carbonyl (C=O) groups excluding carboxylic acids is 1. The van der Waals surface area contributed by atoms with Crippen LogP contribution >= 0.6 is 27.3 Å². The van der Waals surface area contributed by atoms with Crippen LogP contribution < -0.4 is 10.1 Å². The highest BCUT2D eigenvalue weighted by molar-refractivity contribution is 9.11. The topological polar surface area (TPSA) is 51.2 Å². The average molecular weight is 341 g/mol. The van der Waals surface area contributed by atoms with Crippen LogP contribution in [0, 0.1) is 13.8 Å². The first kappa shape index (κ1) is 14.0. The van der Waals surface area contributed by atoms with Gasteiger partial charge in [-0.2, -0.15) is 0 Å². The molecule has 0 aliphatic rings. The first-order chi connectivity index (χ1) is 9.02. The molecular formula is C13H13BrN2O2S. The molecule has 0 fully saturated rings. The Hall–Kier alpha value is -1.40. The summed E-state index contributed by atoms with van der Waals surface area (Å²) in [5.74, 6) is 0.592. The van der Waals surface area contributed by atoms with E-state index in [1.165, 1.54) is 11.3 Å². The first-order valence-electron chi connectivity index (χ1n) is 5.59. The van der Waals surface area contributed by atoms with Gasteiger partial charge in [0.25, 0.3) is 5.91 Å². The molecule has 0 spiro atoms. The van der Waals surface area contributed by atoms with Crippen LogP contribution in [-0.2, 0) is 0 Å². The number of hydrogen-bond acceptors (Lipinski definition) is 4. The lowest BCUT2D eigenvalue weighted by atomic mass is 10.1. The van der Waals surface area contributed by atoms with Crippen molar-refractivity contribution in [2.24, 2.45) is 0 Å². The van der Waals surface area contributed by atoms with Crippen molar-refractivity contribution < 1.29 is 9.53 Å². The smallest absolute Gasteiger partial charge is 0.267 e.